The van der Waals surface area contributed by atoms with Gasteiger partial charge in [-0.2, -0.15) is 0 Å². The summed E-state index contributed by atoms with van der Waals surface area (Å²) >= 11 is 0. The summed E-state index contributed by atoms with van der Waals surface area (Å²) in [6.45, 7) is 4.26. The molecular formula is C20H27N3O2. The highest BCUT2D eigenvalue weighted by molar-refractivity contribution is 5.75. The van der Waals surface area contributed by atoms with Crippen LogP contribution in [0.3, 0.4) is 0 Å². The van der Waals surface area contributed by atoms with Crippen LogP contribution in [-0.2, 0) is 6.42 Å². The van der Waals surface area contributed by atoms with Crippen molar-refractivity contribution in [1.29, 1.82) is 0 Å². The van der Waals surface area contributed by atoms with Crippen LogP contribution in [0.4, 0.5) is 4.79 Å². The molecule has 1 aromatic carbocycles. The first-order valence-corrected chi connectivity index (χ1v) is 9.81. The van der Waals surface area contributed by atoms with Gasteiger partial charge in [0.2, 0.25) is 0 Å². The average molecular weight is 341 g/mol. The van der Waals surface area contributed by atoms with Gasteiger partial charge in [-0.05, 0) is 61.3 Å². The molecule has 0 spiro atoms. The summed E-state index contributed by atoms with van der Waals surface area (Å²) in [5.41, 5.74) is 2.09. The number of rotatable bonds is 1. The predicted molar refractivity (Wildman–Crippen MR) is 95.5 cm³/mol. The van der Waals surface area contributed by atoms with Crippen molar-refractivity contribution >= 4 is 6.03 Å². The van der Waals surface area contributed by atoms with E-state index in [0.717, 1.165) is 37.1 Å². The number of nitrogens with zero attached hydrogens (tertiary/aromatic N) is 2. The number of piperidine rings is 1. The minimum Gasteiger partial charge on any atom is -0.508 e. The Morgan fingerprint density at radius 1 is 1.16 bits per heavy atom. The molecule has 1 aliphatic carbocycles. The van der Waals surface area contributed by atoms with Gasteiger partial charge in [-0.15, -0.1) is 0 Å². The number of benzene rings is 1. The van der Waals surface area contributed by atoms with Crippen molar-refractivity contribution in [3.05, 3.63) is 29.3 Å². The van der Waals surface area contributed by atoms with Gasteiger partial charge in [0.05, 0.1) is 6.04 Å². The van der Waals surface area contributed by atoms with E-state index >= 15 is 0 Å². The van der Waals surface area contributed by atoms with Crippen molar-refractivity contribution in [3.63, 3.8) is 0 Å². The molecular weight excluding hydrogens is 314 g/mol. The highest BCUT2D eigenvalue weighted by Crippen LogP contribution is 2.41. The molecule has 1 aromatic rings. The van der Waals surface area contributed by atoms with Gasteiger partial charge in [-0.1, -0.05) is 18.6 Å². The molecule has 3 saturated heterocycles. The lowest BCUT2D eigenvalue weighted by Crippen LogP contribution is -2.44. The van der Waals surface area contributed by atoms with Crippen LogP contribution in [0.15, 0.2) is 18.2 Å². The molecule has 5 heteroatoms. The van der Waals surface area contributed by atoms with Crippen molar-refractivity contribution in [1.82, 2.24) is 15.1 Å². The van der Waals surface area contributed by atoms with E-state index in [-0.39, 0.29) is 12.1 Å². The summed E-state index contributed by atoms with van der Waals surface area (Å²) in [6, 6.07) is 6.47. The Kier molecular flexibility index (Phi) is 3.66. The SMILES string of the molecule is O=C(N[C@@H]1CCc2c(O)cccc21)N1C[C@@H]2CN3CCCC[C@@H]3[C@H]2C1. The molecule has 0 radical (unpaired) electrons. The number of urea groups is 1. The third kappa shape index (κ3) is 2.51. The Balaban J connectivity index is 1.25. The molecule has 0 unspecified atom stereocenters. The molecule has 4 aliphatic rings. The molecule has 5 rings (SSSR count). The number of likely N-dealkylation sites (tertiary alicyclic amines) is 1. The summed E-state index contributed by atoms with van der Waals surface area (Å²) in [5.74, 6) is 1.70. The van der Waals surface area contributed by atoms with Crippen LogP contribution in [0, 0.1) is 11.8 Å². The first kappa shape index (κ1) is 15.5. The van der Waals surface area contributed by atoms with Gasteiger partial charge in [-0.25, -0.2) is 4.79 Å². The highest BCUT2D eigenvalue weighted by atomic mass is 16.3. The number of hydrogen-bond acceptors (Lipinski definition) is 3. The van der Waals surface area contributed by atoms with Crippen molar-refractivity contribution in [3.8, 4) is 5.75 Å². The van der Waals surface area contributed by atoms with Gasteiger partial charge < -0.3 is 15.3 Å². The zero-order valence-electron chi connectivity index (χ0n) is 14.7. The monoisotopic (exact) mass is 341 g/mol. The lowest BCUT2D eigenvalue weighted by Gasteiger charge is -2.33. The number of aromatic hydroxyl groups is 1. The van der Waals surface area contributed by atoms with E-state index in [2.05, 4.69) is 10.2 Å². The van der Waals surface area contributed by atoms with Gasteiger partial charge in [0, 0.05) is 25.7 Å². The maximum Gasteiger partial charge on any atom is 0.317 e. The molecule has 3 aliphatic heterocycles. The maximum atomic E-state index is 12.8. The van der Waals surface area contributed by atoms with Gasteiger partial charge in [0.1, 0.15) is 5.75 Å². The van der Waals surface area contributed by atoms with Crippen LogP contribution in [0.2, 0.25) is 0 Å². The third-order valence-electron chi connectivity index (χ3n) is 6.95. The molecule has 2 amide bonds. The highest BCUT2D eigenvalue weighted by Gasteiger charge is 2.48. The Hall–Kier alpha value is -1.75. The number of fused-ring (bicyclic) bond motifs is 4. The van der Waals surface area contributed by atoms with Gasteiger partial charge >= 0.3 is 6.03 Å². The summed E-state index contributed by atoms with van der Waals surface area (Å²) in [6.07, 6.45) is 5.73. The Bertz CT molecular complexity index is 692. The van der Waals surface area contributed by atoms with Crippen LogP contribution in [0.1, 0.15) is 42.9 Å². The minimum absolute atomic E-state index is 0.0428. The summed E-state index contributed by atoms with van der Waals surface area (Å²) in [7, 11) is 0. The smallest absolute Gasteiger partial charge is 0.317 e. The fourth-order valence-corrected chi connectivity index (χ4v) is 5.75. The number of phenols is 1. The Morgan fingerprint density at radius 3 is 3.00 bits per heavy atom. The van der Waals surface area contributed by atoms with E-state index in [1.54, 1.807) is 6.07 Å². The molecule has 134 valence electrons. The number of nitrogens with one attached hydrogen (secondary N) is 1. The third-order valence-corrected chi connectivity index (χ3v) is 6.95. The zero-order chi connectivity index (χ0) is 17.0. The van der Waals surface area contributed by atoms with E-state index in [4.69, 9.17) is 0 Å². The molecule has 0 saturated carbocycles. The van der Waals surface area contributed by atoms with Crippen molar-refractivity contribution in [2.75, 3.05) is 26.2 Å². The van der Waals surface area contributed by atoms with E-state index < -0.39 is 0 Å². The van der Waals surface area contributed by atoms with E-state index in [0.29, 0.717) is 23.6 Å². The van der Waals surface area contributed by atoms with E-state index in [1.807, 2.05) is 17.0 Å². The maximum absolute atomic E-state index is 12.8. The van der Waals surface area contributed by atoms with Crippen LogP contribution in [0.5, 0.6) is 5.75 Å². The fraction of sp³-hybridized carbons (Fsp3) is 0.650. The second-order valence-corrected chi connectivity index (χ2v) is 8.27. The van der Waals surface area contributed by atoms with Gasteiger partial charge in [-0.3, -0.25) is 4.90 Å². The molecule has 0 bridgehead atoms. The number of carbonyl (C=O) groups is 1. The van der Waals surface area contributed by atoms with E-state index in [9.17, 15) is 9.90 Å². The van der Waals surface area contributed by atoms with E-state index in [1.165, 1.54) is 32.4 Å². The second kappa shape index (κ2) is 5.90. The fourth-order valence-electron chi connectivity index (χ4n) is 5.75. The molecule has 5 nitrogen and oxygen atoms in total. The van der Waals surface area contributed by atoms with Crippen LogP contribution in [0.25, 0.3) is 0 Å². The average Bonchev–Trinajstić information content (AvgIpc) is 3.28. The first-order chi connectivity index (χ1) is 12.2. The lowest BCUT2D eigenvalue weighted by molar-refractivity contribution is 0.153. The molecule has 2 N–H and O–H groups in total. The summed E-state index contributed by atoms with van der Waals surface area (Å²) in [5, 5.41) is 13.2. The van der Waals surface area contributed by atoms with Gasteiger partial charge in [0.25, 0.3) is 0 Å². The Labute approximate surface area is 149 Å². The number of amides is 2. The molecule has 25 heavy (non-hydrogen) atoms. The molecule has 3 fully saturated rings. The van der Waals surface area contributed by atoms with Crippen LogP contribution >= 0.6 is 0 Å². The molecule has 3 heterocycles. The predicted octanol–water partition coefficient (Wildman–Crippen LogP) is 2.51. The molecule has 4 atom stereocenters. The normalized spacial score (nSPS) is 33.8. The topological polar surface area (TPSA) is 55.8 Å². The largest absolute Gasteiger partial charge is 0.508 e. The number of carbonyl (C=O) groups excluding carboxylic acids is 1. The minimum atomic E-state index is 0.0428. The van der Waals surface area contributed by atoms with Crippen molar-refractivity contribution in [2.24, 2.45) is 11.8 Å². The zero-order valence-corrected chi connectivity index (χ0v) is 14.7. The Morgan fingerprint density at radius 2 is 2.08 bits per heavy atom. The van der Waals surface area contributed by atoms with Crippen LogP contribution < -0.4 is 5.32 Å². The second-order valence-electron chi connectivity index (χ2n) is 8.27. The number of phenolic OH excluding ortho intramolecular Hbond substituents is 1. The summed E-state index contributed by atoms with van der Waals surface area (Å²) < 4.78 is 0. The first-order valence-electron chi connectivity index (χ1n) is 9.81. The lowest BCUT2D eigenvalue weighted by atomic mass is 9.90. The van der Waals surface area contributed by atoms with Crippen molar-refractivity contribution < 1.29 is 9.90 Å². The van der Waals surface area contributed by atoms with Gasteiger partial charge in [0.15, 0.2) is 0 Å². The number of hydrogen-bond donors (Lipinski definition) is 2. The summed E-state index contributed by atoms with van der Waals surface area (Å²) in [4.78, 5) is 17.5. The standard InChI is InChI=1S/C20H27N3O2/c24-19-6-3-4-14-15(19)7-8-17(14)21-20(25)23-11-13-10-22-9-2-1-5-18(22)16(13)12-23/h3-4,6,13,16-18,24H,1-2,5,7-12H2,(H,21,25)/t13-,16-,17+,18+/m0/s1. The van der Waals surface area contributed by atoms with Crippen LogP contribution in [-0.4, -0.2) is 53.2 Å². The van der Waals surface area contributed by atoms with Crippen molar-refractivity contribution in [2.45, 2.75) is 44.2 Å². The molecule has 0 aromatic heterocycles. The quantitative estimate of drug-likeness (QED) is 0.825.